The van der Waals surface area contributed by atoms with Gasteiger partial charge in [-0.1, -0.05) is 18.2 Å². The second-order valence-corrected chi connectivity index (χ2v) is 5.00. The van der Waals surface area contributed by atoms with Crippen LogP contribution < -0.4 is 10.1 Å². The van der Waals surface area contributed by atoms with E-state index in [4.69, 9.17) is 4.74 Å². The van der Waals surface area contributed by atoms with Crippen LogP contribution in [0.25, 0.3) is 0 Å². The Morgan fingerprint density at radius 1 is 1.38 bits per heavy atom. The molecule has 1 atom stereocenters. The Balaban J connectivity index is 2.19. The molecule has 0 saturated heterocycles. The summed E-state index contributed by atoms with van der Waals surface area (Å²) in [4.78, 5) is 16.3. The van der Waals surface area contributed by atoms with Crippen molar-refractivity contribution in [3.05, 3.63) is 47.4 Å². The van der Waals surface area contributed by atoms with Crippen molar-refractivity contribution in [2.75, 3.05) is 12.4 Å². The first-order chi connectivity index (χ1) is 11.5. The van der Waals surface area contributed by atoms with E-state index >= 15 is 0 Å². The first kappa shape index (κ1) is 15.9. The number of carbonyl (C=O) groups is 1. The maximum atomic E-state index is 12.7. The van der Waals surface area contributed by atoms with E-state index in [0.717, 1.165) is 0 Å². The van der Waals surface area contributed by atoms with E-state index in [1.807, 2.05) is 0 Å². The van der Waals surface area contributed by atoms with Crippen molar-refractivity contribution < 1.29 is 23.0 Å². The van der Waals surface area contributed by atoms with E-state index in [1.54, 1.807) is 25.1 Å². The van der Waals surface area contributed by atoms with Gasteiger partial charge in [-0.2, -0.15) is 18.9 Å². The van der Waals surface area contributed by atoms with Gasteiger partial charge in [-0.3, -0.25) is 0 Å². The first-order valence-corrected chi connectivity index (χ1v) is 7.02. The van der Waals surface area contributed by atoms with Crippen LogP contribution in [0.5, 0.6) is 5.75 Å². The van der Waals surface area contributed by atoms with Crippen LogP contribution in [0, 0.1) is 0 Å². The molecule has 1 aliphatic rings. The van der Waals surface area contributed by atoms with Crippen molar-refractivity contribution in [1.82, 2.24) is 14.8 Å². The van der Waals surface area contributed by atoms with Crippen LogP contribution in [0.3, 0.4) is 0 Å². The quantitative estimate of drug-likeness (QED) is 0.864. The number of nitrogens with one attached hydrogen (secondary N) is 1. The minimum Gasteiger partial charge on any atom is -0.466 e. The Bertz CT molecular complexity index is 804. The molecule has 1 N–H and O–H groups in total. The molecule has 0 radical (unpaired) electrons. The van der Waals surface area contributed by atoms with Gasteiger partial charge in [0.15, 0.2) is 0 Å². The molecule has 126 valence electrons. The summed E-state index contributed by atoms with van der Waals surface area (Å²) in [6.45, 7) is -1.32. The van der Waals surface area contributed by atoms with Crippen LogP contribution in [0.4, 0.5) is 14.7 Å². The van der Waals surface area contributed by atoms with E-state index in [0.29, 0.717) is 17.2 Å². The number of hydrogen-bond acceptors (Lipinski definition) is 6. The molecule has 2 aromatic rings. The average molecular weight is 336 g/mol. The number of para-hydroxylation sites is 1. The smallest absolute Gasteiger partial charge is 0.387 e. The van der Waals surface area contributed by atoms with Crippen LogP contribution in [0.1, 0.15) is 18.5 Å². The zero-order valence-electron chi connectivity index (χ0n) is 12.9. The molecule has 0 aliphatic carbocycles. The van der Waals surface area contributed by atoms with Crippen LogP contribution in [-0.4, -0.2) is 34.5 Å². The van der Waals surface area contributed by atoms with Crippen LogP contribution in [0.2, 0.25) is 0 Å². The Kier molecular flexibility index (Phi) is 4.15. The predicted molar refractivity (Wildman–Crippen MR) is 79.6 cm³/mol. The highest BCUT2D eigenvalue weighted by molar-refractivity contribution is 5.92. The second kappa shape index (κ2) is 6.26. The van der Waals surface area contributed by atoms with E-state index in [-0.39, 0.29) is 11.3 Å². The summed E-state index contributed by atoms with van der Waals surface area (Å²) in [6, 6.07) is 5.43. The number of hydrogen-bond donors (Lipinski definition) is 1. The standard InChI is InChI=1S/C15H14F2N4O3/c1-8-11(13(22)23-2)12(21-15(20-8)18-7-19-21)9-5-3-4-6-10(9)24-14(16)17/h3-7,12,14H,1-2H3,(H,18,19,20). The average Bonchev–Trinajstić information content (AvgIpc) is 3.01. The Labute approximate surface area is 135 Å². The van der Waals surface area contributed by atoms with Gasteiger partial charge in [0.25, 0.3) is 0 Å². The first-order valence-electron chi connectivity index (χ1n) is 7.02. The molecule has 0 amide bonds. The second-order valence-electron chi connectivity index (χ2n) is 5.00. The van der Waals surface area contributed by atoms with Gasteiger partial charge >= 0.3 is 12.6 Å². The number of fused-ring (bicyclic) bond motifs is 1. The summed E-state index contributed by atoms with van der Waals surface area (Å²) in [5.41, 5.74) is 1.09. The molecular formula is C15H14F2N4O3. The third-order valence-electron chi connectivity index (χ3n) is 3.63. The number of benzene rings is 1. The third kappa shape index (κ3) is 2.68. The van der Waals surface area contributed by atoms with Gasteiger partial charge in [-0.25, -0.2) is 9.48 Å². The lowest BCUT2D eigenvalue weighted by Crippen LogP contribution is -2.29. The van der Waals surface area contributed by atoms with E-state index in [1.165, 1.54) is 24.2 Å². The molecule has 0 spiro atoms. The number of halogens is 2. The maximum Gasteiger partial charge on any atom is 0.387 e. The summed E-state index contributed by atoms with van der Waals surface area (Å²) in [5.74, 6) is -0.259. The van der Waals surface area contributed by atoms with Crippen LogP contribution in [0.15, 0.2) is 41.9 Å². The fourth-order valence-corrected chi connectivity index (χ4v) is 2.66. The molecule has 9 heteroatoms. The zero-order chi connectivity index (χ0) is 17.3. The normalized spacial score (nSPS) is 16.6. The highest BCUT2D eigenvalue weighted by atomic mass is 19.3. The van der Waals surface area contributed by atoms with Gasteiger partial charge in [-0.15, -0.1) is 0 Å². The molecule has 3 rings (SSSR count). The molecule has 1 aliphatic heterocycles. The fraction of sp³-hybridized carbons (Fsp3) is 0.267. The highest BCUT2D eigenvalue weighted by Gasteiger charge is 2.35. The summed E-state index contributed by atoms with van der Waals surface area (Å²) >= 11 is 0. The molecule has 0 saturated carbocycles. The van der Waals surface area contributed by atoms with Gasteiger partial charge in [0.2, 0.25) is 5.95 Å². The van der Waals surface area contributed by atoms with Crippen molar-refractivity contribution in [3.63, 3.8) is 0 Å². The molecule has 7 nitrogen and oxygen atoms in total. The number of methoxy groups -OCH3 is 1. The number of nitrogens with zero attached hydrogens (tertiary/aromatic N) is 3. The predicted octanol–water partition coefficient (Wildman–Crippen LogP) is 2.34. The lowest BCUT2D eigenvalue weighted by molar-refractivity contribution is -0.136. The minimum atomic E-state index is -2.99. The van der Waals surface area contributed by atoms with Gasteiger partial charge in [-0.05, 0) is 13.0 Å². The Hall–Kier alpha value is -2.97. The SMILES string of the molecule is COC(=O)C1=C(C)Nc2ncnn2C1c1ccccc1OC(F)F. The van der Waals surface area contributed by atoms with Gasteiger partial charge in [0, 0.05) is 11.3 Å². The van der Waals surface area contributed by atoms with Crippen molar-refractivity contribution in [3.8, 4) is 5.75 Å². The number of aromatic nitrogens is 3. The number of rotatable bonds is 4. The van der Waals surface area contributed by atoms with Crippen molar-refractivity contribution in [2.24, 2.45) is 0 Å². The number of allylic oxidation sites excluding steroid dienone is 1. The molecule has 0 bridgehead atoms. The molecule has 1 aromatic heterocycles. The fourth-order valence-electron chi connectivity index (χ4n) is 2.66. The molecule has 1 unspecified atom stereocenters. The summed E-state index contributed by atoms with van der Waals surface area (Å²) in [7, 11) is 1.25. The summed E-state index contributed by atoms with van der Waals surface area (Å²) in [5, 5.41) is 7.04. The number of esters is 1. The largest absolute Gasteiger partial charge is 0.466 e. The molecule has 1 aromatic carbocycles. The van der Waals surface area contributed by atoms with Crippen LogP contribution >= 0.6 is 0 Å². The lowest BCUT2D eigenvalue weighted by Gasteiger charge is -2.28. The van der Waals surface area contributed by atoms with E-state index < -0.39 is 18.6 Å². The van der Waals surface area contributed by atoms with E-state index in [2.05, 4.69) is 20.1 Å². The van der Waals surface area contributed by atoms with E-state index in [9.17, 15) is 13.6 Å². The van der Waals surface area contributed by atoms with Crippen molar-refractivity contribution in [1.29, 1.82) is 0 Å². The third-order valence-corrected chi connectivity index (χ3v) is 3.63. The Morgan fingerprint density at radius 2 is 2.12 bits per heavy atom. The lowest BCUT2D eigenvalue weighted by atomic mass is 9.95. The van der Waals surface area contributed by atoms with Crippen molar-refractivity contribution in [2.45, 2.75) is 19.6 Å². The number of alkyl halides is 2. The van der Waals surface area contributed by atoms with Crippen LogP contribution in [-0.2, 0) is 9.53 Å². The number of anilines is 1. The molecule has 0 fully saturated rings. The van der Waals surface area contributed by atoms with Gasteiger partial charge < -0.3 is 14.8 Å². The van der Waals surface area contributed by atoms with Gasteiger partial charge in [0.1, 0.15) is 18.1 Å². The monoisotopic (exact) mass is 336 g/mol. The number of carbonyl (C=O) groups excluding carboxylic acids is 1. The number of ether oxygens (including phenoxy) is 2. The Morgan fingerprint density at radius 3 is 2.83 bits per heavy atom. The van der Waals surface area contributed by atoms with Gasteiger partial charge in [0.05, 0.1) is 12.7 Å². The molecule has 24 heavy (non-hydrogen) atoms. The molecule has 2 heterocycles. The summed E-state index contributed by atoms with van der Waals surface area (Å²) in [6.07, 6.45) is 1.30. The molecular weight excluding hydrogens is 322 g/mol. The topological polar surface area (TPSA) is 78.3 Å². The maximum absolute atomic E-state index is 12.7. The zero-order valence-corrected chi connectivity index (χ0v) is 12.9. The van der Waals surface area contributed by atoms with Crippen molar-refractivity contribution >= 4 is 11.9 Å². The minimum absolute atomic E-state index is 0.0462. The highest BCUT2D eigenvalue weighted by Crippen LogP contribution is 2.39. The summed E-state index contributed by atoms with van der Waals surface area (Å²) < 4.78 is 36.3.